The molecule has 4 nitrogen and oxygen atoms in total. The van der Waals surface area contributed by atoms with Crippen molar-refractivity contribution < 1.29 is 9.53 Å². The van der Waals surface area contributed by atoms with Crippen LogP contribution in [0.1, 0.15) is 41.8 Å². The highest BCUT2D eigenvalue weighted by Crippen LogP contribution is 2.27. The summed E-state index contributed by atoms with van der Waals surface area (Å²) in [5.41, 5.74) is 2.26. The third-order valence-electron chi connectivity index (χ3n) is 4.14. The summed E-state index contributed by atoms with van der Waals surface area (Å²) < 4.78 is 5.80. The van der Waals surface area contributed by atoms with Crippen LogP contribution in [-0.2, 0) is 4.79 Å². The lowest BCUT2D eigenvalue weighted by Crippen LogP contribution is -2.36. The predicted molar refractivity (Wildman–Crippen MR) is 105 cm³/mol. The van der Waals surface area contributed by atoms with Crippen molar-refractivity contribution in [3.05, 3.63) is 51.7 Å². The maximum absolute atomic E-state index is 12.2. The van der Waals surface area contributed by atoms with Crippen LogP contribution in [0, 0.1) is 6.92 Å². The van der Waals surface area contributed by atoms with Crippen molar-refractivity contribution in [2.75, 3.05) is 27.2 Å². The summed E-state index contributed by atoms with van der Waals surface area (Å²) in [6.07, 6.45) is 0. The predicted octanol–water partition coefficient (Wildman–Crippen LogP) is 3.98. The van der Waals surface area contributed by atoms with Crippen LogP contribution in [0.25, 0.3) is 0 Å². The van der Waals surface area contributed by atoms with Crippen LogP contribution < -0.4 is 10.1 Å². The Morgan fingerprint density at radius 2 is 2.04 bits per heavy atom. The van der Waals surface area contributed by atoms with Crippen LogP contribution in [0.3, 0.4) is 0 Å². The summed E-state index contributed by atoms with van der Waals surface area (Å²) in [6.45, 7) is 6.88. The number of ether oxygens (including phenoxy) is 1. The molecule has 1 unspecified atom stereocenters. The second kappa shape index (κ2) is 9.02. The van der Waals surface area contributed by atoms with Crippen molar-refractivity contribution in [3.63, 3.8) is 0 Å². The molecule has 5 heteroatoms. The van der Waals surface area contributed by atoms with Gasteiger partial charge in [0.15, 0.2) is 6.61 Å². The fraction of sp³-hybridized carbons (Fsp3) is 0.450. The van der Waals surface area contributed by atoms with E-state index in [0.717, 1.165) is 16.9 Å². The highest BCUT2D eigenvalue weighted by Gasteiger charge is 2.17. The van der Waals surface area contributed by atoms with E-state index in [-0.39, 0.29) is 18.6 Å². The Bertz CT molecular complexity index is 681. The molecule has 25 heavy (non-hydrogen) atoms. The number of carbonyl (C=O) groups is 1. The van der Waals surface area contributed by atoms with E-state index in [1.807, 2.05) is 33.2 Å². The standard InChI is InChI=1S/C20H28N2O2S/c1-14(2)16-9-8-15(3)11-18(16)24-13-20(23)21-12-17(22(4)5)19-7-6-10-25-19/h6-11,14,17H,12-13H2,1-5H3,(H,21,23). The van der Waals surface area contributed by atoms with E-state index in [0.29, 0.717) is 12.5 Å². The van der Waals surface area contributed by atoms with Crippen LogP contribution in [-0.4, -0.2) is 38.1 Å². The normalized spacial score (nSPS) is 12.4. The summed E-state index contributed by atoms with van der Waals surface area (Å²) in [7, 11) is 4.05. The van der Waals surface area contributed by atoms with Crippen molar-refractivity contribution in [3.8, 4) is 5.75 Å². The van der Waals surface area contributed by atoms with Gasteiger partial charge in [0.2, 0.25) is 0 Å². The molecule has 1 aromatic carbocycles. The lowest BCUT2D eigenvalue weighted by Gasteiger charge is -2.23. The summed E-state index contributed by atoms with van der Waals surface area (Å²) >= 11 is 1.70. The molecule has 2 aromatic rings. The summed E-state index contributed by atoms with van der Waals surface area (Å²) in [6, 6.07) is 10.5. The molecular formula is C20H28N2O2S. The summed E-state index contributed by atoms with van der Waals surface area (Å²) in [5.74, 6) is 1.06. The second-order valence-corrected chi connectivity index (χ2v) is 7.76. The molecule has 0 saturated carbocycles. The SMILES string of the molecule is Cc1ccc(C(C)C)c(OCC(=O)NCC(c2cccs2)N(C)C)c1. The third-order valence-corrected chi connectivity index (χ3v) is 5.11. The van der Waals surface area contributed by atoms with E-state index in [1.54, 1.807) is 11.3 Å². The first-order valence-electron chi connectivity index (χ1n) is 8.58. The Labute approximate surface area is 154 Å². The molecule has 0 bridgehead atoms. The van der Waals surface area contributed by atoms with Crippen molar-refractivity contribution >= 4 is 17.2 Å². The van der Waals surface area contributed by atoms with Gasteiger partial charge in [0.05, 0.1) is 6.04 Å². The molecule has 0 spiro atoms. The zero-order valence-corrected chi connectivity index (χ0v) is 16.5. The molecule has 0 aliphatic carbocycles. The third kappa shape index (κ3) is 5.58. The average Bonchev–Trinajstić information content (AvgIpc) is 3.06. The van der Waals surface area contributed by atoms with Crippen molar-refractivity contribution in [2.24, 2.45) is 0 Å². The maximum atomic E-state index is 12.2. The second-order valence-electron chi connectivity index (χ2n) is 6.78. The number of hydrogen-bond acceptors (Lipinski definition) is 4. The first-order valence-corrected chi connectivity index (χ1v) is 9.46. The fourth-order valence-corrected chi connectivity index (χ4v) is 3.59. The highest BCUT2D eigenvalue weighted by atomic mass is 32.1. The first-order chi connectivity index (χ1) is 11.9. The number of aryl methyl sites for hydroxylation is 1. The van der Waals surface area contributed by atoms with Gasteiger partial charge in [0.25, 0.3) is 5.91 Å². The first kappa shape index (κ1) is 19.5. The molecule has 0 aliphatic rings. The van der Waals surface area contributed by atoms with Crippen LogP contribution in [0.2, 0.25) is 0 Å². The molecule has 1 heterocycles. The van der Waals surface area contributed by atoms with Crippen molar-refractivity contribution in [1.82, 2.24) is 10.2 Å². The molecule has 1 amide bonds. The minimum absolute atomic E-state index is 0.0355. The minimum Gasteiger partial charge on any atom is -0.483 e. The smallest absolute Gasteiger partial charge is 0.258 e. The average molecular weight is 361 g/mol. The summed E-state index contributed by atoms with van der Waals surface area (Å²) in [4.78, 5) is 15.6. The number of carbonyl (C=O) groups excluding carboxylic acids is 1. The van der Waals surface area contributed by atoms with Gasteiger partial charge in [0.1, 0.15) is 5.75 Å². The Morgan fingerprint density at radius 3 is 2.64 bits per heavy atom. The minimum atomic E-state index is -0.0976. The van der Waals surface area contributed by atoms with E-state index in [9.17, 15) is 4.79 Å². The molecule has 1 atom stereocenters. The van der Waals surface area contributed by atoms with Gasteiger partial charge in [-0.25, -0.2) is 0 Å². The molecule has 0 aliphatic heterocycles. The van der Waals surface area contributed by atoms with Crippen LogP contribution in [0.4, 0.5) is 0 Å². The summed E-state index contributed by atoms with van der Waals surface area (Å²) in [5, 5.41) is 5.04. The van der Waals surface area contributed by atoms with Crippen LogP contribution in [0.5, 0.6) is 5.75 Å². The van der Waals surface area contributed by atoms with Crippen LogP contribution in [0.15, 0.2) is 35.7 Å². The van der Waals surface area contributed by atoms with Crippen molar-refractivity contribution in [1.29, 1.82) is 0 Å². The lowest BCUT2D eigenvalue weighted by molar-refractivity contribution is -0.123. The lowest BCUT2D eigenvalue weighted by atomic mass is 10.0. The molecule has 2 rings (SSSR count). The Hall–Kier alpha value is -1.85. The molecule has 0 fully saturated rings. The van der Waals surface area contributed by atoms with E-state index in [2.05, 4.69) is 47.6 Å². The maximum Gasteiger partial charge on any atom is 0.258 e. The number of rotatable bonds is 8. The highest BCUT2D eigenvalue weighted by molar-refractivity contribution is 7.10. The number of thiophene rings is 1. The van der Waals surface area contributed by atoms with Gasteiger partial charge in [-0.1, -0.05) is 32.0 Å². The van der Waals surface area contributed by atoms with Gasteiger partial charge in [-0.05, 0) is 55.6 Å². The monoisotopic (exact) mass is 360 g/mol. The van der Waals surface area contributed by atoms with Gasteiger partial charge in [-0.2, -0.15) is 0 Å². The van der Waals surface area contributed by atoms with E-state index in [4.69, 9.17) is 4.74 Å². The molecule has 0 saturated heterocycles. The topological polar surface area (TPSA) is 41.6 Å². The molecule has 136 valence electrons. The zero-order chi connectivity index (χ0) is 18.4. The largest absolute Gasteiger partial charge is 0.483 e. The molecular weight excluding hydrogens is 332 g/mol. The number of hydrogen-bond donors (Lipinski definition) is 1. The molecule has 1 aromatic heterocycles. The van der Waals surface area contributed by atoms with E-state index < -0.39 is 0 Å². The van der Waals surface area contributed by atoms with Crippen molar-refractivity contribution in [2.45, 2.75) is 32.7 Å². The number of amides is 1. The fourth-order valence-electron chi connectivity index (χ4n) is 2.67. The Kier molecular flexibility index (Phi) is 7.02. The van der Waals surface area contributed by atoms with Gasteiger partial charge in [-0.3, -0.25) is 4.79 Å². The number of benzene rings is 1. The Morgan fingerprint density at radius 1 is 1.28 bits per heavy atom. The number of nitrogens with one attached hydrogen (secondary N) is 1. The van der Waals surface area contributed by atoms with Gasteiger partial charge in [-0.15, -0.1) is 11.3 Å². The van der Waals surface area contributed by atoms with Gasteiger partial charge >= 0.3 is 0 Å². The number of likely N-dealkylation sites (N-methyl/N-ethyl adjacent to an activating group) is 1. The van der Waals surface area contributed by atoms with E-state index >= 15 is 0 Å². The Balaban J connectivity index is 1.92. The van der Waals surface area contributed by atoms with Gasteiger partial charge < -0.3 is 15.0 Å². The van der Waals surface area contributed by atoms with E-state index in [1.165, 1.54) is 4.88 Å². The molecule has 1 N–H and O–H groups in total. The zero-order valence-electron chi connectivity index (χ0n) is 15.7. The van der Waals surface area contributed by atoms with Gasteiger partial charge in [0, 0.05) is 11.4 Å². The van der Waals surface area contributed by atoms with Crippen LogP contribution >= 0.6 is 11.3 Å². The number of nitrogens with zero attached hydrogens (tertiary/aromatic N) is 1. The molecule has 0 radical (unpaired) electrons. The quantitative estimate of drug-likeness (QED) is 0.774.